The first-order valence-electron chi connectivity index (χ1n) is 5.87. The van der Waals surface area contributed by atoms with Gasteiger partial charge < -0.3 is 4.74 Å². The van der Waals surface area contributed by atoms with Crippen LogP contribution < -0.4 is 4.74 Å². The van der Waals surface area contributed by atoms with Gasteiger partial charge in [-0.2, -0.15) is 0 Å². The Balaban J connectivity index is 2.32. The molecule has 18 heavy (non-hydrogen) atoms. The van der Waals surface area contributed by atoms with Gasteiger partial charge >= 0.3 is 0 Å². The normalized spacial score (nSPS) is 10.5. The summed E-state index contributed by atoms with van der Waals surface area (Å²) in [5, 5.41) is 2.21. The summed E-state index contributed by atoms with van der Waals surface area (Å²) in [6.45, 7) is 0. The number of hydrogen-bond donors (Lipinski definition) is 0. The van der Waals surface area contributed by atoms with Crippen LogP contribution >= 0.6 is 0 Å². The molecule has 1 aromatic heterocycles. The predicted octanol–water partition coefficient (Wildman–Crippen LogP) is 3.91. The number of rotatable bonds is 2. The van der Waals surface area contributed by atoms with E-state index in [1.165, 1.54) is 0 Å². The third-order valence-corrected chi connectivity index (χ3v) is 3.03. The second kappa shape index (κ2) is 4.49. The fourth-order valence-corrected chi connectivity index (χ4v) is 2.16. The molecule has 2 nitrogen and oxygen atoms in total. The van der Waals surface area contributed by atoms with E-state index in [4.69, 9.17) is 4.74 Å². The molecular formula is C16H13NO. The average molecular weight is 235 g/mol. The molecule has 2 heteroatoms. The molecule has 3 rings (SSSR count). The maximum Gasteiger partial charge on any atom is 0.145 e. The molecule has 0 saturated heterocycles. The summed E-state index contributed by atoms with van der Waals surface area (Å²) in [7, 11) is 1.67. The molecule has 0 aliphatic carbocycles. The first kappa shape index (κ1) is 10.8. The molecule has 0 N–H and O–H groups in total. The van der Waals surface area contributed by atoms with Crippen molar-refractivity contribution in [2.45, 2.75) is 0 Å². The van der Waals surface area contributed by atoms with E-state index in [9.17, 15) is 0 Å². The van der Waals surface area contributed by atoms with E-state index < -0.39 is 0 Å². The van der Waals surface area contributed by atoms with Crippen molar-refractivity contribution < 1.29 is 4.74 Å². The van der Waals surface area contributed by atoms with Crippen LogP contribution in [0.3, 0.4) is 0 Å². The lowest BCUT2D eigenvalue weighted by Crippen LogP contribution is -1.90. The van der Waals surface area contributed by atoms with Crippen LogP contribution in [0.5, 0.6) is 5.75 Å². The van der Waals surface area contributed by atoms with Gasteiger partial charge in [-0.25, -0.2) is 0 Å². The lowest BCUT2D eigenvalue weighted by Gasteiger charge is -2.09. The third kappa shape index (κ3) is 1.72. The topological polar surface area (TPSA) is 22.1 Å². The van der Waals surface area contributed by atoms with E-state index in [0.29, 0.717) is 0 Å². The van der Waals surface area contributed by atoms with Crippen LogP contribution in [0.2, 0.25) is 0 Å². The Labute approximate surface area is 106 Å². The number of pyridine rings is 1. The number of benzene rings is 2. The Kier molecular flexibility index (Phi) is 2.69. The minimum absolute atomic E-state index is 0.810. The van der Waals surface area contributed by atoms with E-state index in [1.807, 2.05) is 30.3 Å². The highest BCUT2D eigenvalue weighted by atomic mass is 16.5. The van der Waals surface area contributed by atoms with Gasteiger partial charge in [0.1, 0.15) is 5.75 Å². The molecular weight excluding hydrogens is 222 g/mol. The molecule has 3 aromatic rings. The van der Waals surface area contributed by atoms with E-state index in [1.54, 1.807) is 13.3 Å². The number of nitrogens with zero attached hydrogens (tertiary/aromatic N) is 1. The van der Waals surface area contributed by atoms with E-state index in [-0.39, 0.29) is 0 Å². The molecule has 0 bridgehead atoms. The second-order valence-electron chi connectivity index (χ2n) is 4.09. The van der Waals surface area contributed by atoms with Crippen molar-refractivity contribution in [3.63, 3.8) is 0 Å². The van der Waals surface area contributed by atoms with Crippen molar-refractivity contribution in [2.75, 3.05) is 7.11 Å². The summed E-state index contributed by atoms with van der Waals surface area (Å²) >= 11 is 0. The van der Waals surface area contributed by atoms with E-state index in [0.717, 1.165) is 27.8 Å². The molecule has 1 heterocycles. The Morgan fingerprint density at radius 3 is 2.22 bits per heavy atom. The standard InChI is InChI=1S/C16H13NO/c1-18-15-11-17-16(12-7-3-2-4-8-12)14-10-6-5-9-13(14)15/h2-11H,1H3. The molecule has 0 saturated carbocycles. The van der Waals surface area contributed by atoms with E-state index in [2.05, 4.69) is 29.2 Å². The second-order valence-corrected chi connectivity index (χ2v) is 4.09. The van der Waals surface area contributed by atoms with Gasteiger partial charge in [-0.05, 0) is 0 Å². The van der Waals surface area contributed by atoms with Gasteiger partial charge in [0.2, 0.25) is 0 Å². The number of aromatic nitrogens is 1. The highest BCUT2D eigenvalue weighted by Gasteiger charge is 2.08. The maximum absolute atomic E-state index is 5.36. The van der Waals surface area contributed by atoms with Gasteiger partial charge in [0, 0.05) is 16.3 Å². The van der Waals surface area contributed by atoms with Crippen molar-refractivity contribution in [3.8, 4) is 17.0 Å². The van der Waals surface area contributed by atoms with Crippen LogP contribution in [-0.4, -0.2) is 12.1 Å². The van der Waals surface area contributed by atoms with Crippen LogP contribution in [0, 0.1) is 0 Å². The minimum atomic E-state index is 0.810. The first-order valence-corrected chi connectivity index (χ1v) is 5.87. The largest absolute Gasteiger partial charge is 0.494 e. The van der Waals surface area contributed by atoms with Gasteiger partial charge in [-0.1, -0.05) is 54.6 Å². The van der Waals surface area contributed by atoms with E-state index >= 15 is 0 Å². The molecule has 88 valence electrons. The SMILES string of the molecule is COc1cnc(-c2ccccc2)c2ccccc12. The highest BCUT2D eigenvalue weighted by Crippen LogP contribution is 2.31. The van der Waals surface area contributed by atoms with Gasteiger partial charge in [0.25, 0.3) is 0 Å². The summed E-state index contributed by atoms with van der Waals surface area (Å²) in [4.78, 5) is 4.52. The van der Waals surface area contributed by atoms with Crippen molar-refractivity contribution in [3.05, 3.63) is 60.8 Å². The zero-order chi connectivity index (χ0) is 12.4. The monoisotopic (exact) mass is 235 g/mol. The molecule has 0 unspecified atom stereocenters. The fourth-order valence-electron chi connectivity index (χ4n) is 2.16. The highest BCUT2D eigenvalue weighted by molar-refractivity contribution is 5.97. The van der Waals surface area contributed by atoms with Gasteiger partial charge in [0.15, 0.2) is 0 Å². The lowest BCUT2D eigenvalue weighted by atomic mass is 10.0. The molecule has 0 spiro atoms. The molecule has 0 aliphatic heterocycles. The van der Waals surface area contributed by atoms with Gasteiger partial charge in [0.05, 0.1) is 19.0 Å². The van der Waals surface area contributed by atoms with Crippen molar-refractivity contribution in [1.82, 2.24) is 4.98 Å². The number of methoxy groups -OCH3 is 1. The van der Waals surface area contributed by atoms with Crippen LogP contribution in [0.1, 0.15) is 0 Å². The zero-order valence-electron chi connectivity index (χ0n) is 10.1. The third-order valence-electron chi connectivity index (χ3n) is 3.03. The predicted molar refractivity (Wildman–Crippen MR) is 73.7 cm³/mol. The fraction of sp³-hybridized carbons (Fsp3) is 0.0625. The molecule has 2 aromatic carbocycles. The maximum atomic E-state index is 5.36. The van der Waals surface area contributed by atoms with Crippen LogP contribution in [0.4, 0.5) is 0 Å². The Hall–Kier alpha value is -2.35. The summed E-state index contributed by atoms with van der Waals surface area (Å²) in [6, 6.07) is 18.4. The van der Waals surface area contributed by atoms with Crippen LogP contribution in [-0.2, 0) is 0 Å². The zero-order valence-corrected chi connectivity index (χ0v) is 10.1. The summed E-state index contributed by atoms with van der Waals surface area (Å²) < 4.78 is 5.36. The molecule has 0 aliphatic rings. The van der Waals surface area contributed by atoms with Crippen molar-refractivity contribution in [2.24, 2.45) is 0 Å². The van der Waals surface area contributed by atoms with Crippen molar-refractivity contribution in [1.29, 1.82) is 0 Å². The quantitative estimate of drug-likeness (QED) is 0.671. The van der Waals surface area contributed by atoms with Crippen molar-refractivity contribution >= 4 is 10.8 Å². The lowest BCUT2D eigenvalue weighted by molar-refractivity contribution is 0.418. The Morgan fingerprint density at radius 1 is 0.833 bits per heavy atom. The number of hydrogen-bond acceptors (Lipinski definition) is 2. The Morgan fingerprint density at radius 2 is 1.50 bits per heavy atom. The summed E-state index contributed by atoms with van der Waals surface area (Å²) in [5.41, 5.74) is 2.11. The minimum Gasteiger partial charge on any atom is -0.494 e. The number of ether oxygens (including phenoxy) is 1. The molecule has 0 atom stereocenters. The molecule has 0 fully saturated rings. The molecule has 0 amide bonds. The summed E-state index contributed by atoms with van der Waals surface area (Å²) in [6.07, 6.45) is 1.78. The first-order chi connectivity index (χ1) is 8.90. The summed E-state index contributed by atoms with van der Waals surface area (Å²) in [5.74, 6) is 0.810. The van der Waals surface area contributed by atoms with Gasteiger partial charge in [-0.3, -0.25) is 4.98 Å². The van der Waals surface area contributed by atoms with Crippen LogP contribution in [0.25, 0.3) is 22.0 Å². The van der Waals surface area contributed by atoms with Crippen LogP contribution in [0.15, 0.2) is 60.8 Å². The van der Waals surface area contributed by atoms with Gasteiger partial charge in [-0.15, -0.1) is 0 Å². The average Bonchev–Trinajstić information content (AvgIpc) is 2.47. The number of fused-ring (bicyclic) bond motifs is 1. The Bertz CT molecular complexity index is 677. The molecule has 0 radical (unpaired) electrons. The smallest absolute Gasteiger partial charge is 0.145 e.